The van der Waals surface area contributed by atoms with Gasteiger partial charge in [0.1, 0.15) is 5.15 Å². The number of anilines is 1. The van der Waals surface area contributed by atoms with Crippen molar-refractivity contribution in [1.82, 2.24) is 10.3 Å². The first-order valence-corrected chi connectivity index (χ1v) is 6.21. The van der Waals surface area contributed by atoms with Crippen molar-refractivity contribution in [3.8, 4) is 0 Å². The number of aryl methyl sites for hydroxylation is 1. The van der Waals surface area contributed by atoms with Crippen molar-refractivity contribution in [1.29, 1.82) is 0 Å². The van der Waals surface area contributed by atoms with Crippen molar-refractivity contribution in [2.45, 2.75) is 19.8 Å². The Morgan fingerprint density at radius 1 is 1.44 bits per heavy atom. The highest BCUT2D eigenvalue weighted by molar-refractivity contribution is 6.29. The van der Waals surface area contributed by atoms with Gasteiger partial charge in [0.15, 0.2) is 0 Å². The highest BCUT2D eigenvalue weighted by atomic mass is 35.5. The van der Waals surface area contributed by atoms with Gasteiger partial charge in [0, 0.05) is 6.54 Å². The fourth-order valence-electron chi connectivity index (χ4n) is 2.06. The zero-order valence-corrected chi connectivity index (χ0v) is 10.3. The van der Waals surface area contributed by atoms with Gasteiger partial charge in [-0.05, 0) is 50.9 Å². The molecule has 0 spiro atoms. The van der Waals surface area contributed by atoms with E-state index in [1.54, 1.807) is 0 Å². The van der Waals surface area contributed by atoms with Crippen LogP contribution in [0.3, 0.4) is 0 Å². The molecule has 0 radical (unpaired) electrons. The summed E-state index contributed by atoms with van der Waals surface area (Å²) in [4.78, 5) is 4.23. The van der Waals surface area contributed by atoms with Crippen molar-refractivity contribution >= 4 is 17.3 Å². The van der Waals surface area contributed by atoms with E-state index in [2.05, 4.69) is 15.6 Å². The lowest BCUT2D eigenvalue weighted by molar-refractivity contribution is 0.390. The second-order valence-corrected chi connectivity index (χ2v) is 4.73. The predicted molar refractivity (Wildman–Crippen MR) is 68.1 cm³/mol. The topological polar surface area (TPSA) is 37.0 Å². The fourth-order valence-corrected chi connectivity index (χ4v) is 2.25. The Labute approximate surface area is 102 Å². The van der Waals surface area contributed by atoms with Crippen LogP contribution < -0.4 is 10.6 Å². The van der Waals surface area contributed by atoms with Gasteiger partial charge in [0.05, 0.1) is 11.4 Å². The van der Waals surface area contributed by atoms with Crippen molar-refractivity contribution in [2.24, 2.45) is 5.92 Å². The third-order valence-electron chi connectivity index (χ3n) is 3.09. The van der Waals surface area contributed by atoms with Gasteiger partial charge in [0.25, 0.3) is 0 Å². The Hall–Kier alpha value is -0.800. The molecular weight excluding hydrogens is 222 g/mol. The summed E-state index contributed by atoms with van der Waals surface area (Å²) in [5, 5.41) is 7.40. The molecule has 0 aliphatic carbocycles. The van der Waals surface area contributed by atoms with Crippen molar-refractivity contribution in [3.05, 3.63) is 23.0 Å². The average molecular weight is 240 g/mol. The Balaban J connectivity index is 1.88. The second kappa shape index (κ2) is 5.51. The van der Waals surface area contributed by atoms with Gasteiger partial charge in [0.2, 0.25) is 0 Å². The summed E-state index contributed by atoms with van der Waals surface area (Å²) in [6, 6.07) is 3.84. The summed E-state index contributed by atoms with van der Waals surface area (Å²) in [5.74, 6) is 0.774. The van der Waals surface area contributed by atoms with Crippen LogP contribution in [0.4, 0.5) is 5.69 Å². The highest BCUT2D eigenvalue weighted by Gasteiger charge is 2.12. The summed E-state index contributed by atoms with van der Waals surface area (Å²) in [7, 11) is 0. The Morgan fingerprint density at radius 3 is 2.88 bits per heavy atom. The van der Waals surface area contributed by atoms with Crippen LogP contribution in [0.25, 0.3) is 0 Å². The summed E-state index contributed by atoms with van der Waals surface area (Å²) in [6.45, 7) is 5.30. The van der Waals surface area contributed by atoms with Crippen molar-refractivity contribution in [2.75, 3.05) is 25.0 Å². The summed E-state index contributed by atoms with van der Waals surface area (Å²) in [5.41, 5.74) is 2.07. The molecule has 16 heavy (non-hydrogen) atoms. The van der Waals surface area contributed by atoms with Crippen LogP contribution in [-0.4, -0.2) is 24.6 Å². The van der Waals surface area contributed by atoms with Crippen LogP contribution >= 0.6 is 11.6 Å². The second-order valence-electron chi connectivity index (χ2n) is 4.34. The SMILES string of the molecule is Cc1nc(Cl)ccc1NCC1CCNCC1. The molecule has 0 unspecified atom stereocenters. The molecule has 0 saturated carbocycles. The molecule has 3 nitrogen and oxygen atoms in total. The molecule has 0 amide bonds. The zero-order chi connectivity index (χ0) is 11.4. The van der Waals surface area contributed by atoms with E-state index in [4.69, 9.17) is 11.6 Å². The summed E-state index contributed by atoms with van der Waals surface area (Å²) >= 11 is 5.82. The molecule has 2 rings (SSSR count). The molecule has 2 N–H and O–H groups in total. The van der Waals surface area contributed by atoms with Crippen molar-refractivity contribution in [3.63, 3.8) is 0 Å². The van der Waals surface area contributed by atoms with E-state index in [0.29, 0.717) is 5.15 Å². The van der Waals surface area contributed by atoms with E-state index in [0.717, 1.165) is 36.9 Å². The molecule has 4 heteroatoms. The Kier molecular flexibility index (Phi) is 4.02. The number of piperidine rings is 1. The number of pyridine rings is 1. The maximum atomic E-state index is 5.82. The quantitative estimate of drug-likeness (QED) is 0.796. The largest absolute Gasteiger partial charge is 0.383 e. The van der Waals surface area contributed by atoms with Crippen LogP contribution in [0.5, 0.6) is 0 Å². The first-order valence-electron chi connectivity index (χ1n) is 5.83. The van der Waals surface area contributed by atoms with Gasteiger partial charge in [-0.25, -0.2) is 4.98 Å². The minimum Gasteiger partial charge on any atom is -0.383 e. The number of halogens is 1. The molecule has 1 fully saturated rings. The van der Waals surface area contributed by atoms with E-state index < -0.39 is 0 Å². The van der Waals surface area contributed by atoms with Crippen molar-refractivity contribution < 1.29 is 0 Å². The number of hydrogen-bond acceptors (Lipinski definition) is 3. The van der Waals surface area contributed by atoms with Gasteiger partial charge in [-0.3, -0.25) is 0 Å². The zero-order valence-electron chi connectivity index (χ0n) is 9.59. The van der Waals surface area contributed by atoms with Gasteiger partial charge >= 0.3 is 0 Å². The summed E-state index contributed by atoms with van der Waals surface area (Å²) < 4.78 is 0. The van der Waals surface area contributed by atoms with E-state index in [1.807, 2.05) is 19.1 Å². The van der Waals surface area contributed by atoms with E-state index in [1.165, 1.54) is 12.8 Å². The Morgan fingerprint density at radius 2 is 2.19 bits per heavy atom. The minimum atomic E-state index is 0.560. The monoisotopic (exact) mass is 239 g/mol. The molecular formula is C12H18ClN3. The highest BCUT2D eigenvalue weighted by Crippen LogP contribution is 2.18. The molecule has 1 saturated heterocycles. The van der Waals surface area contributed by atoms with Gasteiger partial charge in [-0.2, -0.15) is 0 Å². The first-order chi connectivity index (χ1) is 7.75. The van der Waals surface area contributed by atoms with Crippen LogP contribution in [0.15, 0.2) is 12.1 Å². The molecule has 1 aliphatic rings. The molecule has 1 aromatic heterocycles. The number of rotatable bonds is 3. The number of hydrogen-bond donors (Lipinski definition) is 2. The van der Waals surface area contributed by atoms with Crippen LogP contribution in [0.2, 0.25) is 5.15 Å². The van der Waals surface area contributed by atoms with Gasteiger partial charge in [-0.1, -0.05) is 11.6 Å². The lowest BCUT2D eigenvalue weighted by Gasteiger charge is -2.23. The molecule has 0 aromatic carbocycles. The number of aromatic nitrogens is 1. The van der Waals surface area contributed by atoms with Gasteiger partial charge < -0.3 is 10.6 Å². The lowest BCUT2D eigenvalue weighted by atomic mass is 9.98. The molecule has 0 bridgehead atoms. The van der Waals surface area contributed by atoms with E-state index in [-0.39, 0.29) is 0 Å². The normalized spacial score (nSPS) is 17.4. The smallest absolute Gasteiger partial charge is 0.129 e. The summed E-state index contributed by atoms with van der Waals surface area (Å²) in [6.07, 6.45) is 2.51. The first kappa shape index (κ1) is 11.7. The predicted octanol–water partition coefficient (Wildman–Crippen LogP) is 2.45. The fraction of sp³-hybridized carbons (Fsp3) is 0.583. The standard InChI is InChI=1S/C12H18ClN3/c1-9-11(2-3-12(13)16-9)15-8-10-4-6-14-7-5-10/h2-3,10,14-15H,4-8H2,1H3. The minimum absolute atomic E-state index is 0.560. The van der Waals surface area contributed by atoms with E-state index in [9.17, 15) is 0 Å². The number of nitrogens with zero attached hydrogens (tertiary/aromatic N) is 1. The average Bonchev–Trinajstić information content (AvgIpc) is 2.29. The molecule has 2 heterocycles. The van der Waals surface area contributed by atoms with Crippen LogP contribution in [0, 0.1) is 12.8 Å². The maximum Gasteiger partial charge on any atom is 0.129 e. The molecule has 1 aliphatic heterocycles. The van der Waals surface area contributed by atoms with Crippen LogP contribution in [0.1, 0.15) is 18.5 Å². The van der Waals surface area contributed by atoms with Gasteiger partial charge in [-0.15, -0.1) is 0 Å². The molecule has 0 atom stereocenters. The Bertz CT molecular complexity index is 348. The van der Waals surface area contributed by atoms with E-state index >= 15 is 0 Å². The lowest BCUT2D eigenvalue weighted by Crippen LogP contribution is -2.31. The maximum absolute atomic E-state index is 5.82. The van der Waals surface area contributed by atoms with Crippen LogP contribution in [-0.2, 0) is 0 Å². The third-order valence-corrected chi connectivity index (χ3v) is 3.30. The molecule has 88 valence electrons. The molecule has 1 aromatic rings. The third kappa shape index (κ3) is 3.09. The number of nitrogens with one attached hydrogen (secondary N) is 2.